The van der Waals surface area contributed by atoms with Crippen molar-refractivity contribution < 1.29 is 0 Å². The summed E-state index contributed by atoms with van der Waals surface area (Å²) >= 11 is 6.22. The maximum absolute atomic E-state index is 6.22. The minimum Gasteiger partial charge on any atom is -0.373 e. The molecule has 96 valence electrons. The summed E-state index contributed by atoms with van der Waals surface area (Å²) in [5.74, 6) is 0. The highest BCUT2D eigenvalue weighted by molar-refractivity contribution is 6.31. The third kappa shape index (κ3) is 4.54. The molecule has 17 heavy (non-hydrogen) atoms. The molecule has 0 heterocycles. The number of anilines is 1. The zero-order valence-corrected chi connectivity index (χ0v) is 11.7. The van der Waals surface area contributed by atoms with Gasteiger partial charge in [-0.05, 0) is 44.8 Å². The number of nitrogens with zero attached hydrogens (tertiary/aromatic N) is 2. The van der Waals surface area contributed by atoms with Crippen molar-refractivity contribution >= 4 is 17.3 Å². The molecule has 0 bridgehead atoms. The van der Waals surface area contributed by atoms with E-state index in [0.717, 1.165) is 35.8 Å². The molecule has 0 saturated carbocycles. The van der Waals surface area contributed by atoms with Crippen LogP contribution in [0.5, 0.6) is 0 Å². The van der Waals surface area contributed by atoms with E-state index in [2.05, 4.69) is 43.1 Å². The van der Waals surface area contributed by atoms with Crippen LogP contribution in [0.1, 0.15) is 5.56 Å². The Morgan fingerprint density at radius 1 is 1.18 bits per heavy atom. The lowest BCUT2D eigenvalue weighted by Crippen LogP contribution is -2.28. The first-order chi connectivity index (χ1) is 8.04. The second-order valence-corrected chi connectivity index (χ2v) is 4.95. The molecule has 1 aromatic rings. The average molecular weight is 256 g/mol. The fraction of sp³-hybridized carbons (Fsp3) is 0.538. The van der Waals surface area contributed by atoms with Gasteiger partial charge in [-0.1, -0.05) is 17.7 Å². The number of likely N-dealkylation sites (N-methyl/N-ethyl adjacent to an activating group) is 2. The van der Waals surface area contributed by atoms with E-state index >= 15 is 0 Å². The van der Waals surface area contributed by atoms with Crippen molar-refractivity contribution in [1.29, 1.82) is 0 Å². The summed E-state index contributed by atoms with van der Waals surface area (Å²) in [5, 5.41) is 0.810. The van der Waals surface area contributed by atoms with Gasteiger partial charge in [-0.15, -0.1) is 0 Å². The Bertz CT molecular complexity index is 353. The molecule has 0 aliphatic heterocycles. The smallest absolute Gasteiger partial charge is 0.0459 e. The molecule has 1 rings (SSSR count). The van der Waals surface area contributed by atoms with Gasteiger partial charge in [-0.3, -0.25) is 0 Å². The molecule has 3 nitrogen and oxygen atoms in total. The monoisotopic (exact) mass is 255 g/mol. The van der Waals surface area contributed by atoms with E-state index in [4.69, 9.17) is 17.3 Å². The summed E-state index contributed by atoms with van der Waals surface area (Å²) in [4.78, 5) is 4.37. The van der Waals surface area contributed by atoms with Crippen LogP contribution in [-0.2, 0) is 6.42 Å². The van der Waals surface area contributed by atoms with Gasteiger partial charge in [-0.25, -0.2) is 0 Å². The van der Waals surface area contributed by atoms with E-state index in [1.807, 2.05) is 6.07 Å². The molecule has 0 atom stereocenters. The van der Waals surface area contributed by atoms with Gasteiger partial charge in [0, 0.05) is 30.8 Å². The molecule has 1 aromatic carbocycles. The van der Waals surface area contributed by atoms with Crippen molar-refractivity contribution in [3.63, 3.8) is 0 Å². The summed E-state index contributed by atoms with van der Waals surface area (Å²) in [7, 11) is 6.23. The van der Waals surface area contributed by atoms with Crippen LogP contribution in [0, 0.1) is 0 Å². The number of benzene rings is 1. The average Bonchev–Trinajstić information content (AvgIpc) is 2.28. The minimum absolute atomic E-state index is 0.634. The van der Waals surface area contributed by atoms with E-state index in [1.54, 1.807) is 0 Å². The van der Waals surface area contributed by atoms with Crippen LogP contribution in [0.25, 0.3) is 0 Å². The van der Waals surface area contributed by atoms with Gasteiger partial charge in [0.15, 0.2) is 0 Å². The predicted molar refractivity (Wildman–Crippen MR) is 76.0 cm³/mol. The van der Waals surface area contributed by atoms with Crippen molar-refractivity contribution in [1.82, 2.24) is 4.90 Å². The Hall–Kier alpha value is -0.770. The van der Waals surface area contributed by atoms with Crippen LogP contribution < -0.4 is 10.6 Å². The molecular formula is C13H22ClN3. The zero-order chi connectivity index (χ0) is 12.8. The molecule has 0 aliphatic rings. The van der Waals surface area contributed by atoms with Gasteiger partial charge in [0.05, 0.1) is 0 Å². The largest absolute Gasteiger partial charge is 0.373 e. The van der Waals surface area contributed by atoms with Gasteiger partial charge in [0.25, 0.3) is 0 Å². The maximum atomic E-state index is 6.22. The third-order valence-corrected chi connectivity index (χ3v) is 3.13. The van der Waals surface area contributed by atoms with Gasteiger partial charge in [0.1, 0.15) is 0 Å². The number of nitrogens with two attached hydrogens (primary N) is 1. The first-order valence-electron chi connectivity index (χ1n) is 5.89. The molecule has 0 radical (unpaired) electrons. The predicted octanol–water partition coefficient (Wildman–Crippen LogP) is 1.84. The Morgan fingerprint density at radius 3 is 2.41 bits per heavy atom. The number of hydrogen-bond acceptors (Lipinski definition) is 3. The molecular weight excluding hydrogens is 234 g/mol. The van der Waals surface area contributed by atoms with Crippen molar-refractivity contribution in [2.45, 2.75) is 6.42 Å². The van der Waals surface area contributed by atoms with E-state index in [-0.39, 0.29) is 0 Å². The van der Waals surface area contributed by atoms with Crippen LogP contribution in [0.4, 0.5) is 5.69 Å². The van der Waals surface area contributed by atoms with Crippen LogP contribution in [-0.4, -0.2) is 45.7 Å². The molecule has 0 saturated heterocycles. The second-order valence-electron chi connectivity index (χ2n) is 4.54. The summed E-state index contributed by atoms with van der Waals surface area (Å²) in [6, 6.07) is 6.19. The highest BCUT2D eigenvalue weighted by Gasteiger charge is 2.05. The summed E-state index contributed by atoms with van der Waals surface area (Å²) in [6.45, 7) is 2.65. The molecule has 2 N–H and O–H groups in total. The summed E-state index contributed by atoms with van der Waals surface area (Å²) < 4.78 is 0. The number of halogens is 1. The summed E-state index contributed by atoms with van der Waals surface area (Å²) in [6.07, 6.45) is 0.834. The number of rotatable bonds is 6. The van der Waals surface area contributed by atoms with Crippen molar-refractivity contribution in [2.75, 3.05) is 45.7 Å². The van der Waals surface area contributed by atoms with Gasteiger partial charge in [-0.2, -0.15) is 0 Å². The molecule has 0 unspecified atom stereocenters. The van der Waals surface area contributed by atoms with E-state index in [9.17, 15) is 0 Å². The Labute approximate surface area is 109 Å². The third-order valence-electron chi connectivity index (χ3n) is 2.77. The summed E-state index contributed by atoms with van der Waals surface area (Å²) in [5.41, 5.74) is 7.81. The van der Waals surface area contributed by atoms with E-state index < -0.39 is 0 Å². The maximum Gasteiger partial charge on any atom is 0.0459 e. The fourth-order valence-corrected chi connectivity index (χ4v) is 1.88. The van der Waals surface area contributed by atoms with Crippen molar-refractivity contribution in [3.05, 3.63) is 28.8 Å². The van der Waals surface area contributed by atoms with E-state index in [1.165, 1.54) is 0 Å². The topological polar surface area (TPSA) is 32.5 Å². The lowest BCUT2D eigenvalue weighted by Gasteiger charge is -2.22. The zero-order valence-electron chi connectivity index (χ0n) is 10.9. The van der Waals surface area contributed by atoms with E-state index in [0.29, 0.717) is 6.54 Å². The first kappa shape index (κ1) is 14.3. The standard InChI is InChI=1S/C13H22ClN3/c1-16(2)8-9-17(3)12-5-4-11(6-7-15)13(14)10-12/h4-5,10H,6-9,15H2,1-3H3. The molecule has 0 aromatic heterocycles. The SMILES string of the molecule is CN(C)CCN(C)c1ccc(CCN)c(Cl)c1. The highest BCUT2D eigenvalue weighted by atomic mass is 35.5. The van der Waals surface area contributed by atoms with Crippen LogP contribution in [0.3, 0.4) is 0 Å². The molecule has 0 amide bonds. The highest BCUT2D eigenvalue weighted by Crippen LogP contribution is 2.23. The first-order valence-corrected chi connectivity index (χ1v) is 6.26. The lowest BCUT2D eigenvalue weighted by atomic mass is 10.1. The normalized spacial score (nSPS) is 10.9. The molecule has 0 aliphatic carbocycles. The van der Waals surface area contributed by atoms with Crippen LogP contribution in [0.2, 0.25) is 5.02 Å². The molecule has 0 fully saturated rings. The Kier molecular flexibility index (Phi) is 5.75. The van der Waals surface area contributed by atoms with Crippen molar-refractivity contribution in [3.8, 4) is 0 Å². The number of hydrogen-bond donors (Lipinski definition) is 1. The molecule has 4 heteroatoms. The van der Waals surface area contributed by atoms with Crippen molar-refractivity contribution in [2.24, 2.45) is 5.73 Å². The minimum atomic E-state index is 0.634. The fourth-order valence-electron chi connectivity index (χ4n) is 1.61. The van der Waals surface area contributed by atoms with Crippen LogP contribution in [0.15, 0.2) is 18.2 Å². The Morgan fingerprint density at radius 2 is 1.88 bits per heavy atom. The lowest BCUT2D eigenvalue weighted by molar-refractivity contribution is 0.416. The van der Waals surface area contributed by atoms with Gasteiger partial charge >= 0.3 is 0 Å². The van der Waals surface area contributed by atoms with Crippen LogP contribution >= 0.6 is 11.6 Å². The molecule has 0 spiro atoms. The second kappa shape index (κ2) is 6.84. The van der Waals surface area contributed by atoms with Gasteiger partial charge in [0.2, 0.25) is 0 Å². The Balaban J connectivity index is 2.68. The quantitative estimate of drug-likeness (QED) is 0.842. The van der Waals surface area contributed by atoms with Gasteiger partial charge < -0.3 is 15.5 Å².